The molecule has 2 aromatic heterocycles. The minimum Gasteiger partial charge on any atom is -0.309 e. The molecule has 5 aliphatic rings. The fourth-order valence-corrected chi connectivity index (χ4v) is 11.6. The third kappa shape index (κ3) is 3.24. The zero-order chi connectivity index (χ0) is 34.5. The lowest BCUT2D eigenvalue weighted by molar-refractivity contribution is 0.184. The van der Waals surface area contributed by atoms with Crippen LogP contribution in [0.25, 0.3) is 66.1 Å². The first-order valence-corrected chi connectivity index (χ1v) is 19.0. The molecule has 7 aromatic carbocycles. The Balaban J connectivity index is 1.09. The van der Waals surface area contributed by atoms with Gasteiger partial charge in [-0.2, -0.15) is 0 Å². The summed E-state index contributed by atoms with van der Waals surface area (Å²) in [7, 11) is 0. The molecule has 0 amide bonds. The number of benzene rings is 7. The summed E-state index contributed by atoms with van der Waals surface area (Å²) in [6.07, 6.45) is 11.8. The number of hydrogen-bond acceptors (Lipinski definition) is 0. The molecule has 0 radical (unpaired) electrons. The van der Waals surface area contributed by atoms with Gasteiger partial charge in [0.2, 0.25) is 0 Å². The fourth-order valence-electron chi connectivity index (χ4n) is 11.6. The SMILES string of the molecule is C1=CCC2(C=C1)CC1c3ccccc3C23c2c1cccc2-n1c2ccc(-c4ccc5c(c4)c4ccccc4n5-c4ccccc4)cc2c2cccc3c21. The zero-order valence-electron chi connectivity index (χ0n) is 29.1. The fraction of sp³-hybridized carbons (Fsp3) is 0.0980. The molecule has 3 unspecified atom stereocenters. The van der Waals surface area contributed by atoms with Crippen molar-refractivity contribution < 1.29 is 0 Å². The second-order valence-electron chi connectivity index (χ2n) is 15.7. The maximum atomic E-state index is 2.62. The number of para-hydroxylation sites is 3. The summed E-state index contributed by atoms with van der Waals surface area (Å²) < 4.78 is 5.01. The Hall–Kier alpha value is -6.38. The van der Waals surface area contributed by atoms with Gasteiger partial charge in [0, 0.05) is 38.6 Å². The van der Waals surface area contributed by atoms with E-state index in [1.54, 1.807) is 0 Å². The smallest absolute Gasteiger partial charge is 0.0592 e. The predicted octanol–water partition coefficient (Wildman–Crippen LogP) is 12.5. The lowest BCUT2D eigenvalue weighted by Crippen LogP contribution is -2.56. The van der Waals surface area contributed by atoms with Gasteiger partial charge in [-0.05, 0) is 100 Å². The largest absolute Gasteiger partial charge is 0.309 e. The van der Waals surface area contributed by atoms with Gasteiger partial charge in [-0.25, -0.2) is 0 Å². The molecule has 0 fully saturated rings. The second-order valence-corrected chi connectivity index (χ2v) is 15.7. The van der Waals surface area contributed by atoms with Gasteiger partial charge >= 0.3 is 0 Å². The Bertz CT molecular complexity index is 3130. The van der Waals surface area contributed by atoms with Crippen molar-refractivity contribution in [2.45, 2.75) is 24.2 Å². The van der Waals surface area contributed by atoms with Crippen molar-refractivity contribution in [3.63, 3.8) is 0 Å². The average Bonchev–Trinajstić information content (AvgIpc) is 3.74. The summed E-state index contributed by atoms with van der Waals surface area (Å²) in [6.45, 7) is 0. The first-order valence-electron chi connectivity index (χ1n) is 19.0. The summed E-state index contributed by atoms with van der Waals surface area (Å²) in [5.74, 6) is 0.385. The van der Waals surface area contributed by atoms with Crippen LogP contribution in [0.4, 0.5) is 0 Å². The highest BCUT2D eigenvalue weighted by Crippen LogP contribution is 2.72. The normalized spacial score (nSPS) is 21.6. The molecular weight excluding hydrogens is 641 g/mol. The van der Waals surface area contributed by atoms with E-state index >= 15 is 0 Å². The molecule has 1 aliphatic heterocycles. The highest BCUT2D eigenvalue weighted by molar-refractivity contribution is 6.14. The van der Waals surface area contributed by atoms with E-state index in [2.05, 4.69) is 185 Å². The third-order valence-electron chi connectivity index (χ3n) is 13.5. The maximum absolute atomic E-state index is 2.62. The minimum absolute atomic E-state index is 0.0284. The summed E-state index contributed by atoms with van der Waals surface area (Å²) in [5, 5.41) is 5.21. The van der Waals surface area contributed by atoms with E-state index in [9.17, 15) is 0 Å². The lowest BCUT2D eigenvalue weighted by Gasteiger charge is -2.62. The summed E-state index contributed by atoms with van der Waals surface area (Å²) in [4.78, 5) is 0. The molecule has 4 aliphatic carbocycles. The van der Waals surface area contributed by atoms with E-state index in [1.807, 2.05) is 0 Å². The van der Waals surface area contributed by atoms with Gasteiger partial charge < -0.3 is 9.13 Å². The van der Waals surface area contributed by atoms with Gasteiger partial charge in [0.15, 0.2) is 0 Å². The van der Waals surface area contributed by atoms with Gasteiger partial charge in [0.25, 0.3) is 0 Å². The van der Waals surface area contributed by atoms with E-state index in [0.29, 0.717) is 5.92 Å². The molecule has 248 valence electrons. The molecule has 9 aromatic rings. The number of hydrogen-bond donors (Lipinski definition) is 0. The Kier molecular flexibility index (Phi) is 5.18. The van der Waals surface area contributed by atoms with Gasteiger partial charge in [0.05, 0.1) is 33.2 Å². The van der Waals surface area contributed by atoms with Crippen LogP contribution in [0.15, 0.2) is 176 Å². The molecule has 0 N–H and O–H groups in total. The minimum atomic E-state index is -0.268. The molecule has 2 bridgehead atoms. The topological polar surface area (TPSA) is 9.86 Å². The molecule has 53 heavy (non-hydrogen) atoms. The van der Waals surface area contributed by atoms with E-state index in [-0.39, 0.29) is 10.8 Å². The van der Waals surface area contributed by atoms with Crippen LogP contribution in [-0.2, 0) is 5.41 Å². The molecule has 0 saturated carbocycles. The summed E-state index contributed by atoms with van der Waals surface area (Å²) in [6, 6.07) is 57.5. The summed E-state index contributed by atoms with van der Waals surface area (Å²) in [5.41, 5.74) is 17.3. The molecule has 3 atom stereocenters. The zero-order valence-corrected chi connectivity index (χ0v) is 29.1. The Morgan fingerprint density at radius 2 is 1.19 bits per heavy atom. The molecule has 3 heterocycles. The van der Waals surface area contributed by atoms with Crippen LogP contribution in [0.5, 0.6) is 0 Å². The number of nitrogens with zero attached hydrogens (tertiary/aromatic N) is 2. The molecule has 2 nitrogen and oxygen atoms in total. The van der Waals surface area contributed by atoms with E-state index in [0.717, 1.165) is 12.8 Å². The monoisotopic (exact) mass is 674 g/mol. The van der Waals surface area contributed by atoms with Gasteiger partial charge in [-0.1, -0.05) is 127 Å². The van der Waals surface area contributed by atoms with Gasteiger partial charge in [-0.3, -0.25) is 0 Å². The molecule has 0 saturated heterocycles. The van der Waals surface area contributed by atoms with Crippen molar-refractivity contribution in [3.05, 3.63) is 204 Å². The Morgan fingerprint density at radius 3 is 2.04 bits per heavy atom. The second kappa shape index (κ2) is 9.73. The van der Waals surface area contributed by atoms with E-state index in [1.165, 1.54) is 93.9 Å². The van der Waals surface area contributed by atoms with Crippen LogP contribution in [0, 0.1) is 5.41 Å². The highest BCUT2D eigenvalue weighted by atomic mass is 15.0. The number of fused-ring (bicyclic) bond motifs is 7. The molecule has 2 spiro atoms. The van der Waals surface area contributed by atoms with Crippen LogP contribution < -0.4 is 0 Å². The van der Waals surface area contributed by atoms with Crippen molar-refractivity contribution in [2.75, 3.05) is 0 Å². The number of aromatic nitrogens is 2. The first-order chi connectivity index (χ1) is 26.3. The quantitative estimate of drug-likeness (QED) is 0.173. The third-order valence-corrected chi connectivity index (χ3v) is 13.5. The van der Waals surface area contributed by atoms with E-state index < -0.39 is 0 Å². The van der Waals surface area contributed by atoms with Crippen LogP contribution in [0.1, 0.15) is 46.6 Å². The number of allylic oxidation sites excluding steroid dienone is 4. The molecule has 14 rings (SSSR count). The Labute approximate surface area is 307 Å². The van der Waals surface area contributed by atoms with Crippen molar-refractivity contribution in [3.8, 4) is 22.5 Å². The molecule has 2 heteroatoms. The predicted molar refractivity (Wildman–Crippen MR) is 219 cm³/mol. The maximum Gasteiger partial charge on any atom is 0.0592 e. The van der Waals surface area contributed by atoms with E-state index in [4.69, 9.17) is 0 Å². The first kappa shape index (κ1) is 28.2. The standard InChI is InChI=1S/C51H34N2/c1-3-13-34(14-4-1)52-44-21-8-6-16-36(44)39-29-32(23-25-45(39)52)33-24-26-46-40(30-33)38-18-11-20-43-49(38)53(46)47-22-12-17-37-41-31-50(27-9-2-10-28-50)51(43,48(37)47)42-19-7-5-15-35(41)42/h1-27,29-30,41H,28,31H2. The Morgan fingerprint density at radius 1 is 0.509 bits per heavy atom. The molecular formula is C51H34N2. The van der Waals surface area contributed by atoms with Crippen molar-refractivity contribution in [2.24, 2.45) is 5.41 Å². The van der Waals surface area contributed by atoms with Gasteiger partial charge in [0.1, 0.15) is 0 Å². The highest BCUT2D eigenvalue weighted by Gasteiger charge is 2.64. The van der Waals surface area contributed by atoms with Crippen LogP contribution in [-0.4, -0.2) is 9.13 Å². The number of rotatable bonds is 2. The van der Waals surface area contributed by atoms with Crippen molar-refractivity contribution in [1.82, 2.24) is 9.13 Å². The summed E-state index contributed by atoms with van der Waals surface area (Å²) >= 11 is 0. The van der Waals surface area contributed by atoms with Crippen molar-refractivity contribution in [1.29, 1.82) is 0 Å². The lowest BCUT2D eigenvalue weighted by atomic mass is 9.40. The van der Waals surface area contributed by atoms with Crippen molar-refractivity contribution >= 4 is 43.6 Å². The van der Waals surface area contributed by atoms with Crippen LogP contribution in [0.3, 0.4) is 0 Å². The van der Waals surface area contributed by atoms with Gasteiger partial charge in [-0.15, -0.1) is 0 Å². The van der Waals surface area contributed by atoms with Crippen LogP contribution in [0.2, 0.25) is 0 Å². The average molecular weight is 675 g/mol. The van der Waals surface area contributed by atoms with Crippen LogP contribution >= 0.6 is 0 Å².